The third-order valence-corrected chi connectivity index (χ3v) is 3.94. The Morgan fingerprint density at radius 1 is 1.33 bits per heavy atom. The van der Waals surface area contributed by atoms with E-state index in [1.54, 1.807) is 11.0 Å². The van der Waals surface area contributed by atoms with Crippen LogP contribution in [0.3, 0.4) is 0 Å². The molecule has 0 saturated carbocycles. The summed E-state index contributed by atoms with van der Waals surface area (Å²) in [7, 11) is 0. The molecule has 1 aromatic carbocycles. The number of carboxylic acid groups (broad SMARTS) is 1. The van der Waals surface area contributed by atoms with Crippen molar-refractivity contribution in [1.82, 2.24) is 4.90 Å². The van der Waals surface area contributed by atoms with Gasteiger partial charge in [0.2, 0.25) is 0 Å². The highest BCUT2D eigenvalue weighted by Crippen LogP contribution is 2.24. The summed E-state index contributed by atoms with van der Waals surface area (Å²) in [4.78, 5) is 25.1. The topological polar surface area (TPSA) is 70.8 Å². The molecule has 1 aromatic heterocycles. The van der Waals surface area contributed by atoms with E-state index in [0.29, 0.717) is 25.0 Å². The predicted octanol–water partition coefficient (Wildman–Crippen LogP) is 2.68. The first kappa shape index (κ1) is 13.7. The summed E-state index contributed by atoms with van der Waals surface area (Å²) in [6.45, 7) is 2.82. The van der Waals surface area contributed by atoms with Crippen molar-refractivity contribution in [3.8, 4) is 0 Å². The zero-order valence-corrected chi connectivity index (χ0v) is 11.8. The number of likely N-dealkylation sites (tertiary alicyclic amines) is 1. The van der Waals surface area contributed by atoms with Crippen LogP contribution in [-0.4, -0.2) is 35.0 Å². The van der Waals surface area contributed by atoms with E-state index in [4.69, 9.17) is 9.52 Å². The fourth-order valence-electron chi connectivity index (χ4n) is 2.79. The van der Waals surface area contributed by atoms with Crippen LogP contribution in [0.15, 0.2) is 28.7 Å². The number of hydrogen-bond acceptors (Lipinski definition) is 3. The Morgan fingerprint density at radius 2 is 2.14 bits per heavy atom. The number of carboxylic acids is 1. The third-order valence-electron chi connectivity index (χ3n) is 3.94. The number of rotatable bonds is 2. The number of carbonyl (C=O) groups excluding carboxylic acids is 1. The van der Waals surface area contributed by atoms with Gasteiger partial charge in [0.05, 0.1) is 5.92 Å². The quantitative estimate of drug-likeness (QED) is 0.921. The number of fused-ring (bicyclic) bond motifs is 1. The lowest BCUT2D eigenvalue weighted by Gasteiger charge is -2.29. The molecule has 0 bridgehead atoms. The summed E-state index contributed by atoms with van der Waals surface area (Å²) in [6, 6.07) is 7.47. The van der Waals surface area contributed by atoms with Crippen LogP contribution in [0.2, 0.25) is 0 Å². The Hall–Kier alpha value is -2.30. The lowest BCUT2D eigenvalue weighted by atomic mass is 9.98. The van der Waals surface area contributed by atoms with E-state index in [1.165, 1.54) is 0 Å². The Kier molecular flexibility index (Phi) is 3.41. The number of piperidine rings is 1. The predicted molar refractivity (Wildman–Crippen MR) is 77.2 cm³/mol. The highest BCUT2D eigenvalue weighted by Gasteiger charge is 2.29. The van der Waals surface area contributed by atoms with Crippen molar-refractivity contribution in [2.45, 2.75) is 19.8 Å². The molecule has 1 saturated heterocycles. The molecule has 1 aliphatic heterocycles. The molecule has 5 heteroatoms. The van der Waals surface area contributed by atoms with E-state index in [0.717, 1.165) is 10.9 Å². The van der Waals surface area contributed by atoms with Gasteiger partial charge in [-0.25, -0.2) is 0 Å². The number of carbonyl (C=O) groups is 2. The molecule has 1 atom stereocenters. The van der Waals surface area contributed by atoms with Crippen LogP contribution in [-0.2, 0) is 4.79 Å². The van der Waals surface area contributed by atoms with Crippen LogP contribution in [0.5, 0.6) is 0 Å². The minimum atomic E-state index is -0.840. The molecular weight excluding hydrogens is 270 g/mol. The summed E-state index contributed by atoms with van der Waals surface area (Å²) in [5.74, 6) is -1.27. The highest BCUT2D eigenvalue weighted by atomic mass is 16.4. The van der Waals surface area contributed by atoms with Gasteiger partial charge in [0.15, 0.2) is 5.76 Å². The maximum atomic E-state index is 12.5. The Labute approximate surface area is 122 Å². The van der Waals surface area contributed by atoms with Gasteiger partial charge in [-0.1, -0.05) is 11.6 Å². The van der Waals surface area contributed by atoms with Gasteiger partial charge in [0.1, 0.15) is 5.58 Å². The number of furan rings is 1. The molecule has 0 unspecified atom stereocenters. The summed E-state index contributed by atoms with van der Waals surface area (Å²) in [6.07, 6.45) is 1.33. The monoisotopic (exact) mass is 287 g/mol. The number of amides is 1. The third kappa shape index (κ3) is 2.63. The molecule has 1 aliphatic rings. The van der Waals surface area contributed by atoms with Crippen molar-refractivity contribution < 1.29 is 19.1 Å². The average molecular weight is 287 g/mol. The summed E-state index contributed by atoms with van der Waals surface area (Å²) < 4.78 is 5.60. The molecule has 0 radical (unpaired) electrons. The zero-order valence-electron chi connectivity index (χ0n) is 11.8. The Balaban J connectivity index is 1.84. The number of hydrogen-bond donors (Lipinski definition) is 1. The second kappa shape index (κ2) is 5.24. The van der Waals surface area contributed by atoms with Crippen LogP contribution < -0.4 is 0 Å². The van der Waals surface area contributed by atoms with Crippen molar-refractivity contribution >= 4 is 22.8 Å². The van der Waals surface area contributed by atoms with Crippen molar-refractivity contribution in [2.24, 2.45) is 5.92 Å². The molecule has 110 valence electrons. The minimum absolute atomic E-state index is 0.227. The van der Waals surface area contributed by atoms with Crippen molar-refractivity contribution in [2.75, 3.05) is 13.1 Å². The summed E-state index contributed by atoms with van der Waals surface area (Å²) >= 11 is 0. The fraction of sp³-hybridized carbons (Fsp3) is 0.375. The van der Waals surface area contributed by atoms with Crippen LogP contribution in [0, 0.1) is 12.8 Å². The van der Waals surface area contributed by atoms with Crippen molar-refractivity contribution in [3.63, 3.8) is 0 Å². The lowest BCUT2D eigenvalue weighted by molar-refractivity contribution is -0.143. The SMILES string of the molecule is Cc1ccc2oc(C(=O)N3CCC[C@@H](C(=O)O)C3)cc2c1. The van der Waals surface area contributed by atoms with E-state index in [2.05, 4.69) is 0 Å². The van der Waals surface area contributed by atoms with Gasteiger partial charge in [-0.3, -0.25) is 9.59 Å². The highest BCUT2D eigenvalue weighted by molar-refractivity contribution is 5.96. The maximum absolute atomic E-state index is 12.5. The van der Waals surface area contributed by atoms with Crippen LogP contribution >= 0.6 is 0 Å². The first-order valence-electron chi connectivity index (χ1n) is 7.07. The molecule has 2 aromatic rings. The fourth-order valence-corrected chi connectivity index (χ4v) is 2.79. The van der Waals surface area contributed by atoms with Gasteiger partial charge in [-0.15, -0.1) is 0 Å². The Morgan fingerprint density at radius 3 is 2.90 bits per heavy atom. The first-order valence-corrected chi connectivity index (χ1v) is 7.07. The molecule has 5 nitrogen and oxygen atoms in total. The average Bonchev–Trinajstić information content (AvgIpc) is 2.89. The largest absolute Gasteiger partial charge is 0.481 e. The van der Waals surface area contributed by atoms with Gasteiger partial charge in [0, 0.05) is 18.5 Å². The first-order chi connectivity index (χ1) is 10.0. The smallest absolute Gasteiger partial charge is 0.308 e. The van der Waals surface area contributed by atoms with Crippen LogP contribution in [0.4, 0.5) is 0 Å². The van der Waals surface area contributed by atoms with E-state index >= 15 is 0 Å². The van der Waals surface area contributed by atoms with E-state index in [1.807, 2.05) is 25.1 Å². The minimum Gasteiger partial charge on any atom is -0.481 e. The number of nitrogens with zero attached hydrogens (tertiary/aromatic N) is 1. The number of benzene rings is 1. The van der Waals surface area contributed by atoms with Crippen molar-refractivity contribution in [1.29, 1.82) is 0 Å². The lowest BCUT2D eigenvalue weighted by Crippen LogP contribution is -2.42. The second-order valence-electron chi connectivity index (χ2n) is 5.58. The van der Waals surface area contributed by atoms with Gasteiger partial charge >= 0.3 is 5.97 Å². The summed E-state index contributed by atoms with van der Waals surface area (Å²) in [5.41, 5.74) is 1.78. The molecule has 21 heavy (non-hydrogen) atoms. The molecule has 0 aliphatic carbocycles. The van der Waals surface area contributed by atoms with Crippen LogP contribution in [0.1, 0.15) is 29.0 Å². The molecule has 0 spiro atoms. The molecule has 2 heterocycles. The summed E-state index contributed by atoms with van der Waals surface area (Å²) in [5, 5.41) is 9.99. The number of aliphatic carboxylic acids is 1. The molecule has 1 amide bonds. The van der Waals surface area contributed by atoms with Crippen molar-refractivity contribution in [3.05, 3.63) is 35.6 Å². The molecular formula is C16H17NO4. The van der Waals surface area contributed by atoms with E-state index in [9.17, 15) is 9.59 Å². The standard InChI is InChI=1S/C16H17NO4/c1-10-4-5-13-12(7-10)8-14(21-13)15(18)17-6-2-3-11(9-17)16(19)20/h4-5,7-8,11H,2-3,6,9H2,1H3,(H,19,20)/t11-/m1/s1. The van der Waals surface area contributed by atoms with E-state index < -0.39 is 11.9 Å². The maximum Gasteiger partial charge on any atom is 0.308 e. The zero-order chi connectivity index (χ0) is 15.0. The van der Waals surface area contributed by atoms with Gasteiger partial charge in [-0.2, -0.15) is 0 Å². The van der Waals surface area contributed by atoms with Gasteiger partial charge in [0.25, 0.3) is 5.91 Å². The second-order valence-corrected chi connectivity index (χ2v) is 5.58. The molecule has 3 rings (SSSR count). The normalized spacial score (nSPS) is 18.9. The number of aryl methyl sites for hydroxylation is 1. The van der Waals surface area contributed by atoms with Gasteiger partial charge < -0.3 is 14.4 Å². The molecule has 1 N–H and O–H groups in total. The van der Waals surface area contributed by atoms with E-state index in [-0.39, 0.29) is 18.2 Å². The van der Waals surface area contributed by atoms with Gasteiger partial charge in [-0.05, 0) is 38.0 Å². The molecule has 1 fully saturated rings. The van der Waals surface area contributed by atoms with Crippen LogP contribution in [0.25, 0.3) is 11.0 Å². The Bertz CT molecular complexity index is 703.